The Kier molecular flexibility index (Phi) is 3.47. The van der Waals surface area contributed by atoms with Gasteiger partial charge in [0.2, 0.25) is 0 Å². The molecule has 0 aliphatic heterocycles. The van der Waals surface area contributed by atoms with E-state index >= 15 is 0 Å². The van der Waals surface area contributed by atoms with Gasteiger partial charge < -0.3 is 10.4 Å². The Hall–Kier alpha value is -2.09. The van der Waals surface area contributed by atoms with Crippen LogP contribution in [0, 0.1) is 23.1 Å². The normalized spacial score (nSPS) is 22.4. The highest BCUT2D eigenvalue weighted by Gasteiger charge is 2.29. The summed E-state index contributed by atoms with van der Waals surface area (Å²) < 4.78 is 13.5. The third-order valence-electron chi connectivity index (χ3n) is 3.22. The van der Waals surface area contributed by atoms with Gasteiger partial charge in [-0.05, 0) is 31.4 Å². The van der Waals surface area contributed by atoms with Gasteiger partial charge >= 0.3 is 0 Å². The number of nitrogens with zero attached hydrogens (tertiary/aromatic N) is 1. The fourth-order valence-electron chi connectivity index (χ4n) is 2.27. The standard InChI is InChI=1S/C13H13FN2O2/c14-9-4-2-6-11(17)12(9)13(18)16-10-5-1-3-8(10)7-15/h2,4,6,8,10,17H,1,3,5H2,(H,16,18). The van der Waals surface area contributed by atoms with E-state index in [9.17, 15) is 14.3 Å². The van der Waals surface area contributed by atoms with E-state index < -0.39 is 11.7 Å². The van der Waals surface area contributed by atoms with Gasteiger partial charge in [-0.15, -0.1) is 0 Å². The summed E-state index contributed by atoms with van der Waals surface area (Å²) in [5.74, 6) is -2.06. The average molecular weight is 248 g/mol. The Labute approximate surface area is 104 Å². The van der Waals surface area contributed by atoms with Crippen molar-refractivity contribution in [2.24, 2.45) is 5.92 Å². The van der Waals surface area contributed by atoms with Crippen LogP contribution < -0.4 is 5.32 Å². The molecule has 0 bridgehead atoms. The molecule has 4 nitrogen and oxygen atoms in total. The molecule has 1 fully saturated rings. The molecule has 94 valence electrons. The smallest absolute Gasteiger partial charge is 0.258 e. The molecular weight excluding hydrogens is 235 g/mol. The van der Waals surface area contributed by atoms with Crippen LogP contribution in [0.25, 0.3) is 0 Å². The molecule has 1 aromatic rings. The summed E-state index contributed by atoms with van der Waals surface area (Å²) in [6.45, 7) is 0. The van der Waals surface area contributed by atoms with Gasteiger partial charge in [0, 0.05) is 6.04 Å². The molecule has 5 heteroatoms. The number of carbonyl (C=O) groups excluding carboxylic acids is 1. The van der Waals surface area contributed by atoms with E-state index in [1.165, 1.54) is 12.1 Å². The van der Waals surface area contributed by atoms with Crippen molar-refractivity contribution in [1.29, 1.82) is 5.26 Å². The maximum atomic E-state index is 13.5. The van der Waals surface area contributed by atoms with Crippen molar-refractivity contribution in [2.45, 2.75) is 25.3 Å². The maximum absolute atomic E-state index is 13.5. The van der Waals surface area contributed by atoms with Crippen LogP contribution in [0.15, 0.2) is 18.2 Å². The van der Waals surface area contributed by atoms with E-state index in [-0.39, 0.29) is 23.3 Å². The van der Waals surface area contributed by atoms with Crippen molar-refractivity contribution in [2.75, 3.05) is 0 Å². The SMILES string of the molecule is N#CC1CCCC1NC(=O)c1c(O)cccc1F. The Morgan fingerprint density at radius 1 is 1.50 bits per heavy atom. The molecular formula is C13H13FN2O2. The average Bonchev–Trinajstić information content (AvgIpc) is 2.76. The highest BCUT2D eigenvalue weighted by Crippen LogP contribution is 2.26. The number of rotatable bonds is 2. The zero-order valence-electron chi connectivity index (χ0n) is 9.69. The van der Waals surface area contributed by atoms with Gasteiger partial charge in [0.05, 0.1) is 12.0 Å². The zero-order chi connectivity index (χ0) is 13.1. The number of benzene rings is 1. The van der Waals surface area contributed by atoms with Crippen LogP contribution in [0.3, 0.4) is 0 Å². The topological polar surface area (TPSA) is 73.1 Å². The van der Waals surface area contributed by atoms with Gasteiger partial charge in [0.15, 0.2) is 0 Å². The third-order valence-corrected chi connectivity index (χ3v) is 3.22. The van der Waals surface area contributed by atoms with Gasteiger partial charge in [-0.3, -0.25) is 4.79 Å². The van der Waals surface area contributed by atoms with E-state index in [2.05, 4.69) is 11.4 Å². The fourth-order valence-corrected chi connectivity index (χ4v) is 2.27. The first-order valence-corrected chi connectivity index (χ1v) is 5.81. The van der Waals surface area contributed by atoms with Gasteiger partial charge in [-0.2, -0.15) is 5.26 Å². The van der Waals surface area contributed by atoms with Crippen molar-refractivity contribution in [3.05, 3.63) is 29.6 Å². The highest BCUT2D eigenvalue weighted by atomic mass is 19.1. The van der Waals surface area contributed by atoms with Gasteiger partial charge in [0.25, 0.3) is 5.91 Å². The largest absolute Gasteiger partial charge is 0.507 e. The minimum absolute atomic E-state index is 0.233. The monoisotopic (exact) mass is 248 g/mol. The Morgan fingerprint density at radius 3 is 2.94 bits per heavy atom. The lowest BCUT2D eigenvalue weighted by Crippen LogP contribution is -2.37. The van der Waals surface area contributed by atoms with Crippen LogP contribution >= 0.6 is 0 Å². The predicted molar refractivity (Wildman–Crippen MR) is 62.3 cm³/mol. The summed E-state index contributed by atoms with van der Waals surface area (Å²) in [6.07, 6.45) is 2.32. The molecule has 0 spiro atoms. The molecule has 18 heavy (non-hydrogen) atoms. The molecule has 2 N–H and O–H groups in total. The first-order valence-electron chi connectivity index (χ1n) is 5.81. The lowest BCUT2D eigenvalue weighted by molar-refractivity contribution is 0.0926. The second kappa shape index (κ2) is 5.05. The number of phenolic OH excluding ortho intramolecular Hbond substituents is 1. The zero-order valence-corrected chi connectivity index (χ0v) is 9.69. The molecule has 1 amide bonds. The van der Waals surface area contributed by atoms with E-state index in [0.717, 1.165) is 18.9 Å². The highest BCUT2D eigenvalue weighted by molar-refractivity contribution is 5.97. The first kappa shape index (κ1) is 12.4. The van der Waals surface area contributed by atoms with Crippen LogP contribution in [0.1, 0.15) is 29.6 Å². The quantitative estimate of drug-likeness (QED) is 0.840. The summed E-state index contributed by atoms with van der Waals surface area (Å²) in [4.78, 5) is 11.9. The molecule has 2 atom stereocenters. The van der Waals surface area contributed by atoms with Crippen molar-refractivity contribution >= 4 is 5.91 Å². The number of nitrogens with one attached hydrogen (secondary N) is 1. The Bertz CT molecular complexity index is 490. The van der Waals surface area contributed by atoms with Crippen molar-refractivity contribution < 1.29 is 14.3 Å². The van der Waals surface area contributed by atoms with Crippen LogP contribution in [0.4, 0.5) is 4.39 Å². The van der Waals surface area contributed by atoms with Gasteiger partial charge in [-0.1, -0.05) is 6.07 Å². The van der Waals surface area contributed by atoms with E-state index in [1.54, 1.807) is 0 Å². The Balaban J connectivity index is 2.16. The minimum atomic E-state index is -0.765. The lowest BCUT2D eigenvalue weighted by Gasteiger charge is -2.16. The minimum Gasteiger partial charge on any atom is -0.507 e. The molecule has 1 aromatic carbocycles. The molecule has 0 heterocycles. The van der Waals surface area contributed by atoms with Gasteiger partial charge in [-0.25, -0.2) is 4.39 Å². The van der Waals surface area contributed by atoms with E-state index in [4.69, 9.17) is 5.26 Å². The molecule has 2 rings (SSSR count). The van der Waals surface area contributed by atoms with E-state index in [0.29, 0.717) is 6.42 Å². The summed E-state index contributed by atoms with van der Waals surface area (Å²) in [6, 6.07) is 5.57. The molecule has 1 aliphatic rings. The number of aromatic hydroxyl groups is 1. The first-order chi connectivity index (χ1) is 8.63. The van der Waals surface area contributed by atoms with Crippen molar-refractivity contribution in [3.8, 4) is 11.8 Å². The number of hydrogen-bond acceptors (Lipinski definition) is 3. The van der Waals surface area contributed by atoms with Crippen LogP contribution in [0.2, 0.25) is 0 Å². The lowest BCUT2D eigenvalue weighted by atomic mass is 10.0. The second-order valence-electron chi connectivity index (χ2n) is 4.38. The van der Waals surface area contributed by atoms with E-state index in [1.807, 2.05) is 0 Å². The van der Waals surface area contributed by atoms with Crippen molar-refractivity contribution in [3.63, 3.8) is 0 Å². The molecule has 1 saturated carbocycles. The number of hydrogen-bond donors (Lipinski definition) is 2. The molecule has 2 unspecified atom stereocenters. The van der Waals surface area contributed by atoms with Crippen molar-refractivity contribution in [1.82, 2.24) is 5.32 Å². The number of halogens is 1. The molecule has 0 radical (unpaired) electrons. The number of phenols is 1. The second-order valence-corrected chi connectivity index (χ2v) is 4.38. The van der Waals surface area contributed by atoms with Crippen LogP contribution in [-0.4, -0.2) is 17.1 Å². The summed E-state index contributed by atoms with van der Waals surface area (Å²) in [5, 5.41) is 21.0. The summed E-state index contributed by atoms with van der Waals surface area (Å²) >= 11 is 0. The summed E-state index contributed by atoms with van der Waals surface area (Å²) in [5.41, 5.74) is -0.360. The molecule has 0 saturated heterocycles. The molecule has 1 aliphatic carbocycles. The fraction of sp³-hybridized carbons (Fsp3) is 0.385. The molecule has 0 aromatic heterocycles. The summed E-state index contributed by atoms with van der Waals surface area (Å²) in [7, 11) is 0. The van der Waals surface area contributed by atoms with Crippen LogP contribution in [-0.2, 0) is 0 Å². The predicted octanol–water partition coefficient (Wildman–Crippen LogP) is 1.95. The maximum Gasteiger partial charge on any atom is 0.258 e. The third kappa shape index (κ3) is 2.28. The number of amides is 1. The number of nitriles is 1. The Morgan fingerprint density at radius 2 is 2.28 bits per heavy atom. The van der Waals surface area contributed by atoms with Gasteiger partial charge in [0.1, 0.15) is 17.1 Å². The number of carbonyl (C=O) groups is 1. The van der Waals surface area contributed by atoms with Crippen LogP contribution in [0.5, 0.6) is 5.75 Å².